The molecule has 2 amide bonds. The Balaban J connectivity index is 1.36. The van der Waals surface area contributed by atoms with Gasteiger partial charge in [-0.1, -0.05) is 85.8 Å². The van der Waals surface area contributed by atoms with Crippen molar-refractivity contribution < 1.29 is 24.2 Å². The molecule has 0 fully saturated rings. The molecule has 7 heteroatoms. The molecule has 2 atom stereocenters. The lowest BCUT2D eigenvalue weighted by atomic mass is 9.98. The van der Waals surface area contributed by atoms with Crippen molar-refractivity contribution in [2.75, 3.05) is 6.61 Å². The number of aliphatic carboxylic acids is 1. The van der Waals surface area contributed by atoms with Crippen LogP contribution in [0.1, 0.15) is 36.0 Å². The average Bonchev–Trinajstić information content (AvgIpc) is 3.19. The normalized spacial score (nSPS) is 13.7. The molecule has 1 aliphatic rings. The topological polar surface area (TPSA) is 105 Å². The van der Waals surface area contributed by atoms with Crippen LogP contribution in [-0.4, -0.2) is 41.8 Å². The van der Waals surface area contributed by atoms with E-state index in [0.717, 1.165) is 27.8 Å². The molecule has 0 aliphatic heterocycles. The molecule has 1 aliphatic carbocycles. The molecule has 4 rings (SSSR count). The average molecular weight is 473 g/mol. The van der Waals surface area contributed by atoms with E-state index in [4.69, 9.17) is 4.74 Å². The Morgan fingerprint density at radius 1 is 0.829 bits per heavy atom. The first-order valence-corrected chi connectivity index (χ1v) is 11.7. The number of hydrogen-bond acceptors (Lipinski definition) is 4. The smallest absolute Gasteiger partial charge is 0.407 e. The zero-order chi connectivity index (χ0) is 24.8. The van der Waals surface area contributed by atoms with Gasteiger partial charge >= 0.3 is 12.1 Å². The molecule has 0 aromatic heterocycles. The lowest BCUT2D eigenvalue weighted by Crippen LogP contribution is -2.52. The van der Waals surface area contributed by atoms with Gasteiger partial charge in [-0.3, -0.25) is 4.79 Å². The van der Waals surface area contributed by atoms with Crippen LogP contribution in [0.25, 0.3) is 11.1 Å². The van der Waals surface area contributed by atoms with Gasteiger partial charge in [-0.25, -0.2) is 9.59 Å². The number of hydrogen-bond donors (Lipinski definition) is 3. The van der Waals surface area contributed by atoms with Crippen LogP contribution < -0.4 is 10.6 Å². The minimum Gasteiger partial charge on any atom is -0.480 e. The summed E-state index contributed by atoms with van der Waals surface area (Å²) in [4.78, 5) is 37.0. The molecule has 0 bridgehead atoms. The van der Waals surface area contributed by atoms with Gasteiger partial charge < -0.3 is 20.5 Å². The van der Waals surface area contributed by atoms with Gasteiger partial charge in [-0.2, -0.15) is 0 Å². The Morgan fingerprint density at radius 3 is 1.97 bits per heavy atom. The molecule has 3 aromatic carbocycles. The summed E-state index contributed by atoms with van der Waals surface area (Å²) in [6.07, 6.45) is -0.291. The fourth-order valence-corrected chi connectivity index (χ4v) is 4.46. The summed E-state index contributed by atoms with van der Waals surface area (Å²) >= 11 is 0. The monoisotopic (exact) mass is 472 g/mol. The molecular weight excluding hydrogens is 444 g/mol. The van der Waals surface area contributed by atoms with E-state index in [2.05, 4.69) is 22.8 Å². The quantitative estimate of drug-likeness (QED) is 0.435. The van der Waals surface area contributed by atoms with Gasteiger partial charge in [-0.15, -0.1) is 0 Å². The number of amides is 2. The third-order valence-electron chi connectivity index (χ3n) is 6.26. The van der Waals surface area contributed by atoms with Crippen molar-refractivity contribution in [3.63, 3.8) is 0 Å². The van der Waals surface area contributed by atoms with Gasteiger partial charge in [0, 0.05) is 12.3 Å². The van der Waals surface area contributed by atoms with Gasteiger partial charge in [-0.05, 0) is 34.2 Å². The zero-order valence-electron chi connectivity index (χ0n) is 19.4. The Kier molecular flexibility index (Phi) is 7.45. The molecule has 180 valence electrons. The molecule has 35 heavy (non-hydrogen) atoms. The van der Waals surface area contributed by atoms with E-state index >= 15 is 0 Å². The van der Waals surface area contributed by atoms with Crippen LogP contribution in [0, 0.1) is 0 Å². The minimum absolute atomic E-state index is 0.0932. The standard InChI is InChI=1S/C28H28N2O5/c1-2-24(26(31)29-25(27(32)33)16-18-10-4-3-5-11-18)30-28(34)35-17-23-21-14-8-6-12-19(21)20-13-7-9-15-22(20)23/h3-15,23-25H,2,16-17H2,1H3,(H,29,31)(H,30,34)(H,32,33)/t24-,25-/m0/s1. The summed E-state index contributed by atoms with van der Waals surface area (Å²) in [5.41, 5.74) is 5.23. The van der Waals surface area contributed by atoms with Crippen LogP contribution >= 0.6 is 0 Å². The van der Waals surface area contributed by atoms with Crippen molar-refractivity contribution in [2.24, 2.45) is 0 Å². The second kappa shape index (κ2) is 10.9. The fraction of sp³-hybridized carbons (Fsp3) is 0.250. The van der Waals surface area contributed by atoms with Crippen molar-refractivity contribution in [3.8, 4) is 11.1 Å². The maximum atomic E-state index is 12.8. The Bertz CT molecular complexity index is 1170. The van der Waals surface area contributed by atoms with Gasteiger partial charge in [0.15, 0.2) is 0 Å². The number of carboxylic acids is 1. The highest BCUT2D eigenvalue weighted by molar-refractivity contribution is 5.89. The number of carbonyl (C=O) groups excluding carboxylic acids is 2. The number of rotatable bonds is 9. The number of carbonyl (C=O) groups is 3. The Labute approximate surface area is 204 Å². The number of fused-ring (bicyclic) bond motifs is 3. The summed E-state index contributed by atoms with van der Waals surface area (Å²) in [7, 11) is 0. The maximum Gasteiger partial charge on any atom is 0.407 e. The molecule has 0 unspecified atom stereocenters. The van der Waals surface area contributed by atoms with Crippen LogP contribution in [0.15, 0.2) is 78.9 Å². The second-order valence-corrected chi connectivity index (χ2v) is 8.52. The van der Waals surface area contributed by atoms with E-state index < -0.39 is 30.1 Å². The summed E-state index contributed by atoms with van der Waals surface area (Å²) < 4.78 is 5.52. The minimum atomic E-state index is -1.14. The molecule has 0 saturated heterocycles. The van der Waals surface area contributed by atoms with Gasteiger partial charge in [0.2, 0.25) is 5.91 Å². The first kappa shape index (κ1) is 24.0. The van der Waals surface area contributed by atoms with E-state index in [-0.39, 0.29) is 25.4 Å². The van der Waals surface area contributed by atoms with Crippen LogP contribution in [0.5, 0.6) is 0 Å². The summed E-state index contributed by atoms with van der Waals surface area (Å²) in [6, 6.07) is 23.1. The predicted octanol–water partition coefficient (Wildman–Crippen LogP) is 4.12. The van der Waals surface area contributed by atoms with Crippen molar-refractivity contribution in [3.05, 3.63) is 95.6 Å². The SMILES string of the molecule is CC[C@H](NC(=O)OCC1c2ccccc2-c2ccccc21)C(=O)N[C@@H](Cc1ccccc1)C(=O)O. The van der Waals surface area contributed by atoms with Gasteiger partial charge in [0.25, 0.3) is 0 Å². The second-order valence-electron chi connectivity index (χ2n) is 8.52. The maximum absolute atomic E-state index is 12.8. The van der Waals surface area contributed by atoms with Crippen LogP contribution in [0.3, 0.4) is 0 Å². The number of carboxylic acid groups (broad SMARTS) is 1. The lowest BCUT2D eigenvalue weighted by molar-refractivity contribution is -0.142. The molecule has 3 aromatic rings. The summed E-state index contributed by atoms with van der Waals surface area (Å²) in [5.74, 6) is -1.80. The van der Waals surface area contributed by atoms with Crippen molar-refractivity contribution in [2.45, 2.75) is 37.8 Å². The number of benzene rings is 3. The molecule has 0 radical (unpaired) electrons. The number of nitrogens with one attached hydrogen (secondary N) is 2. The molecule has 7 nitrogen and oxygen atoms in total. The molecular formula is C28H28N2O5. The largest absolute Gasteiger partial charge is 0.480 e. The van der Waals surface area contributed by atoms with E-state index in [0.29, 0.717) is 0 Å². The molecule has 3 N–H and O–H groups in total. The van der Waals surface area contributed by atoms with Crippen LogP contribution in [0.4, 0.5) is 4.79 Å². The Morgan fingerprint density at radius 2 is 1.40 bits per heavy atom. The zero-order valence-corrected chi connectivity index (χ0v) is 19.4. The number of ether oxygens (including phenoxy) is 1. The molecule has 0 heterocycles. The van der Waals surface area contributed by atoms with E-state index in [1.165, 1.54) is 0 Å². The predicted molar refractivity (Wildman–Crippen MR) is 132 cm³/mol. The van der Waals surface area contributed by atoms with E-state index in [1.807, 2.05) is 54.6 Å². The Hall–Kier alpha value is -4.13. The third-order valence-corrected chi connectivity index (χ3v) is 6.26. The lowest BCUT2D eigenvalue weighted by Gasteiger charge is -2.21. The number of alkyl carbamates (subject to hydrolysis) is 1. The van der Waals surface area contributed by atoms with Gasteiger partial charge in [0.05, 0.1) is 0 Å². The van der Waals surface area contributed by atoms with Crippen molar-refractivity contribution in [1.29, 1.82) is 0 Å². The highest BCUT2D eigenvalue weighted by atomic mass is 16.5. The highest BCUT2D eigenvalue weighted by Gasteiger charge is 2.30. The van der Waals surface area contributed by atoms with E-state index in [9.17, 15) is 19.5 Å². The van der Waals surface area contributed by atoms with Crippen LogP contribution in [-0.2, 0) is 20.7 Å². The van der Waals surface area contributed by atoms with Gasteiger partial charge in [0.1, 0.15) is 18.7 Å². The fourth-order valence-electron chi connectivity index (χ4n) is 4.46. The van der Waals surface area contributed by atoms with Crippen molar-refractivity contribution >= 4 is 18.0 Å². The van der Waals surface area contributed by atoms with E-state index in [1.54, 1.807) is 19.1 Å². The first-order valence-electron chi connectivity index (χ1n) is 11.7. The van der Waals surface area contributed by atoms with Crippen molar-refractivity contribution in [1.82, 2.24) is 10.6 Å². The first-order chi connectivity index (χ1) is 17.0. The summed E-state index contributed by atoms with van der Waals surface area (Å²) in [6.45, 7) is 1.87. The van der Waals surface area contributed by atoms with Crippen LogP contribution in [0.2, 0.25) is 0 Å². The highest BCUT2D eigenvalue weighted by Crippen LogP contribution is 2.44. The summed E-state index contributed by atoms with van der Waals surface area (Å²) in [5, 5.41) is 14.7. The molecule has 0 saturated carbocycles. The molecule has 0 spiro atoms. The third kappa shape index (κ3) is 5.51.